The van der Waals surface area contributed by atoms with Crippen molar-refractivity contribution in [1.29, 1.82) is 0 Å². The van der Waals surface area contributed by atoms with E-state index >= 15 is 0 Å². The van der Waals surface area contributed by atoms with Gasteiger partial charge >= 0.3 is 5.97 Å². The van der Waals surface area contributed by atoms with Crippen LogP contribution in [0.1, 0.15) is 31.4 Å². The minimum Gasteiger partial charge on any atom is -0.465 e. The Morgan fingerprint density at radius 2 is 2.17 bits per heavy atom. The number of esters is 1. The number of nitrogens with one attached hydrogen (secondary N) is 1. The van der Waals surface area contributed by atoms with Gasteiger partial charge in [0.1, 0.15) is 0 Å². The standard InChI is InChI=1S/C15H23NO2/c1-12(2)15(17)18-9-5-8-16-11-14-7-4-6-13(3)10-14/h4,6-7,10,12,16H,5,8-9,11H2,1-3H3. The molecule has 1 N–H and O–H groups in total. The van der Waals surface area contributed by atoms with E-state index in [1.165, 1.54) is 11.1 Å². The summed E-state index contributed by atoms with van der Waals surface area (Å²) in [5.41, 5.74) is 2.56. The van der Waals surface area contributed by atoms with Crippen LogP contribution in [0.25, 0.3) is 0 Å². The molecule has 1 aromatic carbocycles. The van der Waals surface area contributed by atoms with Crippen LogP contribution >= 0.6 is 0 Å². The molecular weight excluding hydrogens is 226 g/mol. The van der Waals surface area contributed by atoms with Crippen LogP contribution in [-0.4, -0.2) is 19.1 Å². The first-order valence-electron chi connectivity index (χ1n) is 6.52. The van der Waals surface area contributed by atoms with Crippen molar-refractivity contribution in [2.24, 2.45) is 5.92 Å². The lowest BCUT2D eigenvalue weighted by molar-refractivity contribution is -0.147. The quantitative estimate of drug-likeness (QED) is 0.596. The minimum absolute atomic E-state index is 0.0368. The number of hydrogen-bond donors (Lipinski definition) is 1. The van der Waals surface area contributed by atoms with E-state index in [0.717, 1.165) is 19.5 Å². The zero-order chi connectivity index (χ0) is 13.4. The maximum Gasteiger partial charge on any atom is 0.308 e. The van der Waals surface area contributed by atoms with Gasteiger partial charge in [-0.2, -0.15) is 0 Å². The first kappa shape index (κ1) is 14.7. The number of ether oxygens (including phenoxy) is 1. The summed E-state index contributed by atoms with van der Waals surface area (Å²) in [7, 11) is 0. The van der Waals surface area contributed by atoms with E-state index in [4.69, 9.17) is 4.74 Å². The molecule has 0 aromatic heterocycles. The molecule has 1 rings (SSSR count). The molecule has 0 aliphatic rings. The second-order valence-electron chi connectivity index (χ2n) is 4.84. The van der Waals surface area contributed by atoms with E-state index in [2.05, 4.69) is 36.5 Å². The summed E-state index contributed by atoms with van der Waals surface area (Å²) in [6.45, 7) is 8.00. The number of carbonyl (C=O) groups is 1. The highest BCUT2D eigenvalue weighted by atomic mass is 16.5. The van der Waals surface area contributed by atoms with Crippen molar-refractivity contribution in [3.8, 4) is 0 Å². The molecule has 0 heterocycles. The molecule has 0 aliphatic heterocycles. The van der Waals surface area contributed by atoms with Crippen molar-refractivity contribution in [2.75, 3.05) is 13.2 Å². The molecule has 18 heavy (non-hydrogen) atoms. The van der Waals surface area contributed by atoms with Gasteiger partial charge in [-0.25, -0.2) is 0 Å². The fourth-order valence-electron chi connectivity index (χ4n) is 1.59. The average Bonchev–Trinajstić information content (AvgIpc) is 2.33. The lowest BCUT2D eigenvalue weighted by atomic mass is 10.1. The Kier molecular flexibility index (Phi) is 6.44. The predicted molar refractivity (Wildman–Crippen MR) is 73.3 cm³/mol. The Balaban J connectivity index is 2.07. The summed E-state index contributed by atoms with van der Waals surface area (Å²) in [5, 5.41) is 3.34. The third-order valence-corrected chi connectivity index (χ3v) is 2.63. The summed E-state index contributed by atoms with van der Waals surface area (Å²) < 4.78 is 5.10. The van der Waals surface area contributed by atoms with Crippen molar-refractivity contribution in [3.63, 3.8) is 0 Å². The molecule has 0 saturated carbocycles. The Labute approximate surface area is 110 Å². The Morgan fingerprint density at radius 3 is 2.83 bits per heavy atom. The van der Waals surface area contributed by atoms with Crippen LogP contribution in [0.4, 0.5) is 0 Å². The molecule has 3 heteroatoms. The van der Waals surface area contributed by atoms with Crippen LogP contribution in [-0.2, 0) is 16.1 Å². The molecule has 0 fully saturated rings. The lowest BCUT2D eigenvalue weighted by Crippen LogP contribution is -2.18. The van der Waals surface area contributed by atoms with Crippen molar-refractivity contribution in [1.82, 2.24) is 5.32 Å². The van der Waals surface area contributed by atoms with Crippen LogP contribution < -0.4 is 5.32 Å². The summed E-state index contributed by atoms with van der Waals surface area (Å²) in [5.74, 6) is -0.154. The van der Waals surface area contributed by atoms with Crippen LogP contribution in [0.15, 0.2) is 24.3 Å². The average molecular weight is 249 g/mol. The number of aryl methyl sites for hydroxylation is 1. The van der Waals surface area contributed by atoms with Gasteiger partial charge in [-0.1, -0.05) is 43.7 Å². The largest absolute Gasteiger partial charge is 0.465 e. The van der Waals surface area contributed by atoms with E-state index in [1.807, 2.05) is 13.8 Å². The maximum absolute atomic E-state index is 11.2. The zero-order valence-corrected chi connectivity index (χ0v) is 11.5. The zero-order valence-electron chi connectivity index (χ0n) is 11.5. The van der Waals surface area contributed by atoms with Gasteiger partial charge in [-0.05, 0) is 25.5 Å². The smallest absolute Gasteiger partial charge is 0.308 e. The monoisotopic (exact) mass is 249 g/mol. The molecule has 0 amide bonds. The number of rotatable bonds is 7. The van der Waals surface area contributed by atoms with Gasteiger partial charge in [-0.3, -0.25) is 4.79 Å². The molecule has 3 nitrogen and oxygen atoms in total. The predicted octanol–water partition coefficient (Wildman–Crippen LogP) is 2.67. The molecular formula is C15H23NO2. The van der Waals surface area contributed by atoms with Crippen LogP contribution in [0.3, 0.4) is 0 Å². The number of hydrogen-bond acceptors (Lipinski definition) is 3. The SMILES string of the molecule is Cc1cccc(CNCCCOC(=O)C(C)C)c1. The molecule has 0 saturated heterocycles. The third kappa shape index (κ3) is 5.82. The molecule has 0 radical (unpaired) electrons. The van der Waals surface area contributed by atoms with Gasteiger partial charge in [0.2, 0.25) is 0 Å². The lowest BCUT2D eigenvalue weighted by Gasteiger charge is -2.08. The summed E-state index contributed by atoms with van der Waals surface area (Å²) >= 11 is 0. The fourth-order valence-corrected chi connectivity index (χ4v) is 1.59. The Morgan fingerprint density at radius 1 is 1.39 bits per heavy atom. The molecule has 0 unspecified atom stereocenters. The molecule has 0 bridgehead atoms. The first-order valence-corrected chi connectivity index (χ1v) is 6.52. The third-order valence-electron chi connectivity index (χ3n) is 2.63. The van der Waals surface area contributed by atoms with E-state index in [1.54, 1.807) is 0 Å². The van der Waals surface area contributed by atoms with Gasteiger partial charge in [0, 0.05) is 6.54 Å². The van der Waals surface area contributed by atoms with Crippen molar-refractivity contribution < 1.29 is 9.53 Å². The molecule has 0 spiro atoms. The normalized spacial score (nSPS) is 10.7. The maximum atomic E-state index is 11.2. The van der Waals surface area contributed by atoms with E-state index in [-0.39, 0.29) is 11.9 Å². The highest BCUT2D eigenvalue weighted by molar-refractivity contribution is 5.71. The molecule has 0 aliphatic carbocycles. The van der Waals surface area contributed by atoms with Crippen molar-refractivity contribution in [2.45, 2.75) is 33.7 Å². The second-order valence-corrected chi connectivity index (χ2v) is 4.84. The van der Waals surface area contributed by atoms with E-state index in [9.17, 15) is 4.79 Å². The molecule has 0 atom stereocenters. The van der Waals surface area contributed by atoms with Gasteiger partial charge in [0.25, 0.3) is 0 Å². The van der Waals surface area contributed by atoms with Gasteiger partial charge in [0.15, 0.2) is 0 Å². The summed E-state index contributed by atoms with van der Waals surface area (Å²) in [6, 6.07) is 8.44. The highest BCUT2D eigenvalue weighted by Gasteiger charge is 2.06. The van der Waals surface area contributed by atoms with Crippen LogP contribution in [0.2, 0.25) is 0 Å². The van der Waals surface area contributed by atoms with Crippen LogP contribution in [0, 0.1) is 12.8 Å². The number of benzene rings is 1. The van der Waals surface area contributed by atoms with Gasteiger partial charge in [0.05, 0.1) is 12.5 Å². The van der Waals surface area contributed by atoms with Gasteiger partial charge in [-0.15, -0.1) is 0 Å². The van der Waals surface area contributed by atoms with Crippen molar-refractivity contribution >= 4 is 5.97 Å². The summed E-state index contributed by atoms with van der Waals surface area (Å²) in [6.07, 6.45) is 0.851. The molecule has 1 aromatic rings. The Hall–Kier alpha value is -1.35. The summed E-state index contributed by atoms with van der Waals surface area (Å²) in [4.78, 5) is 11.2. The highest BCUT2D eigenvalue weighted by Crippen LogP contribution is 2.03. The Bertz CT molecular complexity index is 375. The first-order chi connectivity index (χ1) is 8.59. The minimum atomic E-state index is -0.117. The van der Waals surface area contributed by atoms with Crippen LogP contribution in [0.5, 0.6) is 0 Å². The topological polar surface area (TPSA) is 38.3 Å². The second kappa shape index (κ2) is 7.88. The fraction of sp³-hybridized carbons (Fsp3) is 0.533. The van der Waals surface area contributed by atoms with E-state index in [0.29, 0.717) is 6.61 Å². The van der Waals surface area contributed by atoms with E-state index < -0.39 is 0 Å². The number of carbonyl (C=O) groups excluding carboxylic acids is 1. The van der Waals surface area contributed by atoms with Gasteiger partial charge < -0.3 is 10.1 Å². The molecule has 100 valence electrons. The van der Waals surface area contributed by atoms with Crippen molar-refractivity contribution in [3.05, 3.63) is 35.4 Å².